The number of benzene rings is 1. The maximum atomic E-state index is 13.3. The summed E-state index contributed by atoms with van der Waals surface area (Å²) < 4.78 is 0. The lowest BCUT2D eigenvalue weighted by Gasteiger charge is -2.48. The summed E-state index contributed by atoms with van der Waals surface area (Å²) in [4.78, 5) is 56.3. The first-order valence-electron chi connectivity index (χ1n) is 12.0. The predicted octanol–water partition coefficient (Wildman–Crippen LogP) is 2.39. The normalized spacial score (nSPS) is 24.7. The minimum Gasteiger partial charge on any atom is -0.356 e. The van der Waals surface area contributed by atoms with Crippen LogP contribution in [-0.2, 0) is 14.4 Å². The lowest BCUT2D eigenvalue weighted by atomic mass is 9.96. The molecule has 4 rings (SSSR count). The molecule has 8 nitrogen and oxygen atoms in total. The van der Waals surface area contributed by atoms with Crippen LogP contribution in [0.4, 0.5) is 5.69 Å². The third-order valence-electron chi connectivity index (χ3n) is 7.26. The highest BCUT2D eigenvalue weighted by atomic mass is 16.2. The van der Waals surface area contributed by atoms with Crippen LogP contribution < -0.4 is 10.2 Å². The number of hydrogen-bond donors (Lipinski definition) is 1. The van der Waals surface area contributed by atoms with Gasteiger partial charge < -0.3 is 15.1 Å². The fourth-order valence-electron chi connectivity index (χ4n) is 5.31. The van der Waals surface area contributed by atoms with Crippen molar-refractivity contribution in [1.29, 1.82) is 0 Å². The van der Waals surface area contributed by atoms with E-state index < -0.39 is 5.66 Å². The van der Waals surface area contributed by atoms with Crippen LogP contribution in [0.15, 0.2) is 24.3 Å². The van der Waals surface area contributed by atoms with Crippen LogP contribution in [0, 0.1) is 11.8 Å². The van der Waals surface area contributed by atoms with Gasteiger partial charge in [-0.15, -0.1) is 0 Å². The highest BCUT2D eigenvalue weighted by molar-refractivity contribution is 6.10. The molecule has 3 aliphatic heterocycles. The van der Waals surface area contributed by atoms with Gasteiger partial charge in [0.1, 0.15) is 5.66 Å². The first-order chi connectivity index (χ1) is 15.7. The number of fused-ring (bicyclic) bond motifs is 3. The van der Waals surface area contributed by atoms with E-state index in [1.165, 1.54) is 0 Å². The van der Waals surface area contributed by atoms with Gasteiger partial charge in [-0.25, -0.2) is 0 Å². The van der Waals surface area contributed by atoms with E-state index in [9.17, 15) is 19.2 Å². The summed E-state index contributed by atoms with van der Waals surface area (Å²) in [6, 6.07) is 7.21. The van der Waals surface area contributed by atoms with Crippen LogP contribution in [0.2, 0.25) is 0 Å². The quantitative estimate of drug-likeness (QED) is 0.715. The maximum absolute atomic E-state index is 13.3. The molecule has 1 aromatic carbocycles. The van der Waals surface area contributed by atoms with E-state index in [0.29, 0.717) is 43.7 Å². The van der Waals surface area contributed by atoms with Gasteiger partial charge in [0.05, 0.1) is 11.3 Å². The Morgan fingerprint density at radius 3 is 2.73 bits per heavy atom. The first kappa shape index (κ1) is 23.3. The Balaban J connectivity index is 1.41. The van der Waals surface area contributed by atoms with Crippen molar-refractivity contribution in [3.63, 3.8) is 0 Å². The number of carbonyl (C=O) groups excluding carboxylic acids is 4. The molecule has 0 spiro atoms. The molecule has 0 aromatic heterocycles. The van der Waals surface area contributed by atoms with Crippen LogP contribution >= 0.6 is 0 Å². The molecule has 0 bridgehead atoms. The molecule has 178 valence electrons. The summed E-state index contributed by atoms with van der Waals surface area (Å²) in [5.41, 5.74) is 0.433. The molecule has 0 aliphatic carbocycles. The van der Waals surface area contributed by atoms with Crippen LogP contribution in [-0.4, -0.2) is 65.3 Å². The lowest BCUT2D eigenvalue weighted by molar-refractivity contribution is -0.133. The molecule has 1 N–H and O–H groups in total. The fourth-order valence-corrected chi connectivity index (χ4v) is 5.31. The van der Waals surface area contributed by atoms with Gasteiger partial charge in [-0.05, 0) is 44.2 Å². The summed E-state index contributed by atoms with van der Waals surface area (Å²) in [7, 11) is 0. The van der Waals surface area contributed by atoms with E-state index in [2.05, 4.69) is 5.32 Å². The molecular formula is C25H34N4O4. The van der Waals surface area contributed by atoms with Gasteiger partial charge in [0.2, 0.25) is 17.7 Å². The Bertz CT molecular complexity index is 961. The minimum absolute atomic E-state index is 0.0103. The number of anilines is 1. The van der Waals surface area contributed by atoms with E-state index in [4.69, 9.17) is 0 Å². The second-order valence-corrected chi connectivity index (χ2v) is 9.92. The van der Waals surface area contributed by atoms with E-state index in [1.54, 1.807) is 21.9 Å². The maximum Gasteiger partial charge on any atom is 0.257 e. The van der Waals surface area contributed by atoms with Crippen LogP contribution in [0.3, 0.4) is 0 Å². The molecule has 0 saturated carbocycles. The van der Waals surface area contributed by atoms with Crippen LogP contribution in [0.5, 0.6) is 0 Å². The Morgan fingerprint density at radius 1 is 1.21 bits per heavy atom. The highest BCUT2D eigenvalue weighted by Gasteiger charge is 2.52. The highest BCUT2D eigenvalue weighted by Crippen LogP contribution is 2.44. The lowest BCUT2D eigenvalue weighted by Crippen LogP contribution is -2.62. The van der Waals surface area contributed by atoms with Gasteiger partial charge in [0, 0.05) is 44.9 Å². The third-order valence-corrected chi connectivity index (χ3v) is 7.26. The van der Waals surface area contributed by atoms with Crippen molar-refractivity contribution in [1.82, 2.24) is 15.1 Å². The molecule has 3 heterocycles. The topological polar surface area (TPSA) is 90.0 Å². The SMILES string of the molecule is CC(C)C(=O)NC[C@H]1CCCN(C(=O)CCN2C(=O)c3ccccc3N3C(=O)CC[C@]23C)C1. The standard InChI is InChI=1S/C25H34N4O4/c1-17(2)23(32)26-15-18-7-6-13-27(16-18)21(30)11-14-28-24(33)19-8-4-5-9-20(19)29-22(31)10-12-25(28,29)3/h4-5,8-9,17-18H,6-7,10-16H2,1-3H3,(H,26,32)/t18-,25-/m1/s1. The zero-order valence-electron chi connectivity index (χ0n) is 19.8. The second-order valence-electron chi connectivity index (χ2n) is 9.92. The largest absolute Gasteiger partial charge is 0.356 e. The molecule has 2 fully saturated rings. The first-order valence-corrected chi connectivity index (χ1v) is 12.0. The van der Waals surface area contributed by atoms with Gasteiger partial charge in [0.25, 0.3) is 5.91 Å². The zero-order chi connectivity index (χ0) is 23.8. The number of piperidine rings is 1. The van der Waals surface area contributed by atoms with Gasteiger partial charge in [-0.2, -0.15) is 0 Å². The number of likely N-dealkylation sites (tertiary alicyclic amines) is 1. The van der Waals surface area contributed by atoms with Crippen molar-refractivity contribution in [3.05, 3.63) is 29.8 Å². The third kappa shape index (κ3) is 4.35. The number of carbonyl (C=O) groups is 4. The molecule has 3 aliphatic rings. The second kappa shape index (κ2) is 9.15. The van der Waals surface area contributed by atoms with Crippen LogP contribution in [0.25, 0.3) is 0 Å². The Hall–Kier alpha value is -2.90. The van der Waals surface area contributed by atoms with Crippen molar-refractivity contribution in [2.24, 2.45) is 11.8 Å². The van der Waals surface area contributed by atoms with E-state index >= 15 is 0 Å². The molecule has 4 amide bonds. The summed E-state index contributed by atoms with van der Waals surface area (Å²) in [6.45, 7) is 7.83. The number of nitrogens with zero attached hydrogens (tertiary/aromatic N) is 3. The molecular weight excluding hydrogens is 420 g/mol. The molecule has 8 heteroatoms. The van der Waals surface area contributed by atoms with Gasteiger partial charge >= 0.3 is 0 Å². The molecule has 0 unspecified atom stereocenters. The van der Waals surface area contributed by atoms with E-state index in [0.717, 1.165) is 12.8 Å². The van der Waals surface area contributed by atoms with Crippen molar-refractivity contribution in [2.45, 2.75) is 58.5 Å². The fraction of sp³-hybridized carbons (Fsp3) is 0.600. The Kier molecular flexibility index (Phi) is 6.45. The number of amides is 4. The van der Waals surface area contributed by atoms with Gasteiger partial charge in [-0.1, -0.05) is 26.0 Å². The zero-order valence-corrected chi connectivity index (χ0v) is 19.8. The molecule has 33 heavy (non-hydrogen) atoms. The Labute approximate surface area is 195 Å². The number of hydrogen-bond acceptors (Lipinski definition) is 4. The molecule has 1 aromatic rings. The summed E-state index contributed by atoms with van der Waals surface area (Å²) in [5.74, 6) is 0.124. The van der Waals surface area contributed by atoms with Gasteiger partial charge in [0.15, 0.2) is 0 Å². The summed E-state index contributed by atoms with van der Waals surface area (Å²) in [5, 5.41) is 2.98. The van der Waals surface area contributed by atoms with E-state index in [1.807, 2.05) is 37.8 Å². The predicted molar refractivity (Wildman–Crippen MR) is 124 cm³/mol. The van der Waals surface area contributed by atoms with Crippen molar-refractivity contribution < 1.29 is 19.2 Å². The number of nitrogens with one attached hydrogen (secondary N) is 1. The molecule has 2 atom stereocenters. The van der Waals surface area contributed by atoms with Crippen molar-refractivity contribution in [3.8, 4) is 0 Å². The van der Waals surface area contributed by atoms with Crippen molar-refractivity contribution in [2.75, 3.05) is 31.1 Å². The van der Waals surface area contributed by atoms with E-state index in [-0.39, 0.29) is 48.4 Å². The average molecular weight is 455 g/mol. The molecule has 2 saturated heterocycles. The van der Waals surface area contributed by atoms with Crippen molar-refractivity contribution >= 4 is 29.3 Å². The summed E-state index contributed by atoms with van der Waals surface area (Å²) in [6.07, 6.45) is 3.05. The smallest absolute Gasteiger partial charge is 0.257 e. The Morgan fingerprint density at radius 2 is 1.97 bits per heavy atom. The monoisotopic (exact) mass is 454 g/mol. The number of rotatable bonds is 6. The summed E-state index contributed by atoms with van der Waals surface area (Å²) >= 11 is 0. The minimum atomic E-state index is -0.742. The van der Waals surface area contributed by atoms with Gasteiger partial charge in [-0.3, -0.25) is 24.1 Å². The average Bonchev–Trinajstić information content (AvgIpc) is 3.12. The van der Waals surface area contributed by atoms with Crippen LogP contribution in [0.1, 0.15) is 63.2 Å². The number of para-hydroxylation sites is 1. The molecule has 0 radical (unpaired) electrons.